The number of rotatable bonds is 5. The molecular formula is C25H31FN8O. The van der Waals surface area contributed by atoms with Gasteiger partial charge in [-0.15, -0.1) is 0 Å². The summed E-state index contributed by atoms with van der Waals surface area (Å²) in [4.78, 5) is 25.9. The second-order valence-electron chi connectivity index (χ2n) is 9.64. The van der Waals surface area contributed by atoms with Crippen molar-refractivity contribution in [3.05, 3.63) is 48.1 Å². The van der Waals surface area contributed by atoms with Crippen LogP contribution in [0.2, 0.25) is 0 Å². The van der Waals surface area contributed by atoms with Crippen LogP contribution in [0, 0.1) is 11.3 Å². The Hall–Kier alpha value is -3.13. The summed E-state index contributed by atoms with van der Waals surface area (Å²) < 4.78 is 15.4. The number of hydrogen-bond acceptors (Lipinski definition) is 8. The number of piperidine rings is 1. The summed E-state index contributed by atoms with van der Waals surface area (Å²) in [5.74, 6) is -0.619. The molecule has 184 valence electrons. The second kappa shape index (κ2) is 9.49. The third-order valence-electron chi connectivity index (χ3n) is 7.59. The molecule has 1 amide bonds. The standard InChI is InChI=1S/C25H31FN8O/c1-4-18-13-33(24-22(26)25(35)30-21-14-32(10-7-27)31-23(21)24)15(2)12-34(18)16(3)17-5-6-19-20(11-17)29-9-8-28-19/h5-6,8-9,11,14-16,18,22-24,31H,4,10,12-13H2,1-3H3,(H,30,35)/t15-,16-,18+,22?,23?,24?/m0/s1. The second-order valence-corrected chi connectivity index (χ2v) is 9.64. The van der Waals surface area contributed by atoms with Crippen molar-refractivity contribution in [1.29, 1.82) is 5.26 Å². The fraction of sp³-hybridized carbons (Fsp3) is 0.520. The van der Waals surface area contributed by atoms with Crippen LogP contribution in [0.3, 0.4) is 0 Å². The quantitative estimate of drug-likeness (QED) is 0.629. The van der Waals surface area contributed by atoms with Crippen LogP contribution >= 0.6 is 0 Å². The fourth-order valence-corrected chi connectivity index (χ4v) is 5.74. The monoisotopic (exact) mass is 478 g/mol. The van der Waals surface area contributed by atoms with Gasteiger partial charge < -0.3 is 5.32 Å². The molecule has 4 heterocycles. The highest BCUT2D eigenvalue weighted by Crippen LogP contribution is 2.34. The minimum atomic E-state index is -1.66. The van der Waals surface area contributed by atoms with Gasteiger partial charge in [-0.2, -0.15) is 5.26 Å². The first kappa shape index (κ1) is 23.6. The van der Waals surface area contributed by atoms with Crippen LogP contribution in [0.4, 0.5) is 4.39 Å². The molecule has 0 radical (unpaired) electrons. The third-order valence-corrected chi connectivity index (χ3v) is 7.59. The predicted octanol–water partition coefficient (Wildman–Crippen LogP) is 1.87. The van der Waals surface area contributed by atoms with E-state index < -0.39 is 24.2 Å². The first-order chi connectivity index (χ1) is 16.9. The minimum absolute atomic E-state index is 0.0303. The van der Waals surface area contributed by atoms with Gasteiger partial charge in [0.1, 0.15) is 6.54 Å². The number of aromatic nitrogens is 2. The number of amides is 1. The van der Waals surface area contributed by atoms with Crippen LogP contribution in [0.5, 0.6) is 0 Å². The lowest BCUT2D eigenvalue weighted by Crippen LogP contribution is -2.70. The van der Waals surface area contributed by atoms with Crippen LogP contribution in [-0.2, 0) is 4.79 Å². The molecule has 0 aliphatic carbocycles. The Labute approximate surface area is 204 Å². The SMILES string of the molecule is CC[C@@H]1CN(C2C(F)C(=O)NC3=CN(CC#N)NC32)[C@@H](C)CN1[C@@H](C)c1ccc2nccnc2c1. The summed E-state index contributed by atoms with van der Waals surface area (Å²) in [7, 11) is 0. The molecule has 3 unspecified atom stereocenters. The average molecular weight is 479 g/mol. The zero-order valence-corrected chi connectivity index (χ0v) is 20.2. The summed E-state index contributed by atoms with van der Waals surface area (Å²) in [6.07, 6.45) is 4.35. The molecule has 9 nitrogen and oxygen atoms in total. The molecular weight excluding hydrogens is 447 g/mol. The lowest BCUT2D eigenvalue weighted by molar-refractivity contribution is -0.133. The van der Waals surface area contributed by atoms with Crippen molar-refractivity contribution >= 4 is 16.9 Å². The number of nitrogens with one attached hydrogen (secondary N) is 2. The highest BCUT2D eigenvalue weighted by atomic mass is 19.1. The van der Waals surface area contributed by atoms with Gasteiger partial charge in [0.05, 0.1) is 34.9 Å². The molecule has 10 heteroatoms. The molecule has 0 saturated carbocycles. The van der Waals surface area contributed by atoms with E-state index in [2.05, 4.69) is 69.5 Å². The number of alkyl halides is 1. The molecule has 0 spiro atoms. The van der Waals surface area contributed by atoms with E-state index in [0.717, 1.165) is 24.0 Å². The molecule has 1 aromatic carbocycles. The Balaban J connectivity index is 1.38. The van der Waals surface area contributed by atoms with Gasteiger partial charge in [-0.3, -0.25) is 29.6 Å². The summed E-state index contributed by atoms with van der Waals surface area (Å²) in [6.45, 7) is 7.97. The Morgan fingerprint density at radius 3 is 2.77 bits per heavy atom. The van der Waals surface area contributed by atoms with Gasteiger partial charge in [-0.1, -0.05) is 13.0 Å². The Morgan fingerprint density at radius 1 is 1.26 bits per heavy atom. The average Bonchev–Trinajstić information content (AvgIpc) is 3.26. The topological polar surface area (TPSA) is 100 Å². The maximum Gasteiger partial charge on any atom is 0.260 e. The summed E-state index contributed by atoms with van der Waals surface area (Å²) in [5, 5.41) is 13.4. The smallest absolute Gasteiger partial charge is 0.260 e. The lowest BCUT2D eigenvalue weighted by atomic mass is 9.90. The summed E-state index contributed by atoms with van der Waals surface area (Å²) in [5.41, 5.74) is 6.76. The molecule has 0 bridgehead atoms. The van der Waals surface area contributed by atoms with E-state index in [4.69, 9.17) is 5.26 Å². The third kappa shape index (κ3) is 4.24. The Morgan fingerprint density at radius 2 is 2.03 bits per heavy atom. The van der Waals surface area contributed by atoms with Gasteiger partial charge >= 0.3 is 0 Å². The van der Waals surface area contributed by atoms with Crippen molar-refractivity contribution in [3.8, 4) is 6.07 Å². The molecule has 3 aliphatic rings. The van der Waals surface area contributed by atoms with E-state index in [1.54, 1.807) is 23.6 Å². The van der Waals surface area contributed by atoms with Gasteiger partial charge in [-0.05, 0) is 38.0 Å². The van der Waals surface area contributed by atoms with Gasteiger partial charge in [0, 0.05) is 49.8 Å². The normalized spacial score (nSPS) is 30.5. The molecule has 2 N–H and O–H groups in total. The zero-order valence-electron chi connectivity index (χ0n) is 20.2. The van der Waals surface area contributed by atoms with Gasteiger partial charge in [0.2, 0.25) is 0 Å². The first-order valence-corrected chi connectivity index (χ1v) is 12.2. The van der Waals surface area contributed by atoms with Crippen LogP contribution in [0.25, 0.3) is 11.0 Å². The number of carbonyl (C=O) groups is 1. The highest BCUT2D eigenvalue weighted by molar-refractivity contribution is 5.85. The zero-order chi connectivity index (χ0) is 24.7. The predicted molar refractivity (Wildman–Crippen MR) is 129 cm³/mol. The van der Waals surface area contributed by atoms with Crippen molar-refractivity contribution in [2.24, 2.45) is 0 Å². The van der Waals surface area contributed by atoms with E-state index in [9.17, 15) is 4.79 Å². The number of halogens is 1. The van der Waals surface area contributed by atoms with E-state index in [-0.39, 0.29) is 24.7 Å². The number of benzene rings is 1. The van der Waals surface area contributed by atoms with Gasteiger partial charge in [0.15, 0.2) is 6.17 Å². The Bertz CT molecular complexity index is 1180. The Kier molecular flexibility index (Phi) is 6.40. The number of carbonyl (C=O) groups excluding carboxylic acids is 1. The maximum atomic E-state index is 15.4. The van der Waals surface area contributed by atoms with Crippen LogP contribution < -0.4 is 10.7 Å². The van der Waals surface area contributed by atoms with E-state index in [1.807, 2.05) is 6.07 Å². The van der Waals surface area contributed by atoms with Crippen molar-refractivity contribution in [2.75, 3.05) is 19.6 Å². The van der Waals surface area contributed by atoms with Crippen molar-refractivity contribution < 1.29 is 9.18 Å². The number of fused-ring (bicyclic) bond motifs is 2. The van der Waals surface area contributed by atoms with Crippen LogP contribution in [0.15, 0.2) is 42.5 Å². The van der Waals surface area contributed by atoms with Crippen LogP contribution in [-0.4, -0.2) is 80.7 Å². The molecule has 1 aromatic heterocycles. The van der Waals surface area contributed by atoms with Crippen LogP contribution in [0.1, 0.15) is 38.8 Å². The summed E-state index contributed by atoms with van der Waals surface area (Å²) in [6, 6.07) is 7.64. The molecule has 2 saturated heterocycles. The number of piperazine rings is 1. The first-order valence-electron chi connectivity index (χ1n) is 12.2. The lowest BCUT2D eigenvalue weighted by Gasteiger charge is -2.52. The van der Waals surface area contributed by atoms with E-state index >= 15 is 4.39 Å². The van der Waals surface area contributed by atoms with Crippen molar-refractivity contribution in [2.45, 2.75) is 63.6 Å². The maximum absolute atomic E-state index is 15.4. The summed E-state index contributed by atoms with van der Waals surface area (Å²) >= 11 is 0. The number of nitrogens with zero attached hydrogens (tertiary/aromatic N) is 6. The molecule has 2 aromatic rings. The number of hydrazine groups is 1. The fourth-order valence-electron chi connectivity index (χ4n) is 5.74. The molecule has 2 fully saturated rings. The van der Waals surface area contributed by atoms with Crippen molar-refractivity contribution in [3.63, 3.8) is 0 Å². The van der Waals surface area contributed by atoms with E-state index in [1.165, 1.54) is 5.56 Å². The largest absolute Gasteiger partial charge is 0.324 e. The molecule has 3 aliphatic heterocycles. The highest BCUT2D eigenvalue weighted by Gasteiger charge is 2.50. The molecule has 5 rings (SSSR count). The number of hydrogen-bond donors (Lipinski definition) is 2. The van der Waals surface area contributed by atoms with E-state index in [0.29, 0.717) is 12.2 Å². The number of nitriles is 1. The van der Waals surface area contributed by atoms with Crippen molar-refractivity contribution in [1.82, 2.24) is 35.5 Å². The van der Waals surface area contributed by atoms with Gasteiger partial charge in [-0.25, -0.2) is 9.82 Å². The molecule has 35 heavy (non-hydrogen) atoms. The minimum Gasteiger partial charge on any atom is -0.324 e. The molecule has 6 atom stereocenters. The van der Waals surface area contributed by atoms with Gasteiger partial charge in [0.25, 0.3) is 5.91 Å².